The molecule has 0 spiro atoms. The van der Waals surface area contributed by atoms with E-state index in [1.165, 1.54) is 6.08 Å². The highest BCUT2D eigenvalue weighted by Gasteiger charge is 2.46. The van der Waals surface area contributed by atoms with Crippen molar-refractivity contribution in [3.05, 3.63) is 48.6 Å². The number of hydrogen-bond donors (Lipinski definition) is 0. The molecule has 0 aliphatic carbocycles. The minimum absolute atomic E-state index is 0.0520. The fourth-order valence-electron chi connectivity index (χ4n) is 4.15. The number of carbonyl (C=O) groups is 3. The molecule has 144 valence electrons. The van der Waals surface area contributed by atoms with Crippen molar-refractivity contribution >= 4 is 17.7 Å². The Balaban J connectivity index is 1.82. The second-order valence-electron chi connectivity index (χ2n) is 7.28. The Morgan fingerprint density at radius 2 is 1.44 bits per heavy atom. The molecule has 6 nitrogen and oxygen atoms in total. The zero-order chi connectivity index (χ0) is 19.4. The summed E-state index contributed by atoms with van der Waals surface area (Å²) in [5.74, 6) is 0.0814. The van der Waals surface area contributed by atoms with Gasteiger partial charge in [-0.25, -0.2) is 0 Å². The van der Waals surface area contributed by atoms with Crippen LogP contribution in [0.25, 0.3) is 0 Å². The maximum absolute atomic E-state index is 13.6. The molecule has 0 N–H and O–H groups in total. The van der Waals surface area contributed by atoms with E-state index < -0.39 is 5.41 Å². The summed E-state index contributed by atoms with van der Waals surface area (Å²) in [4.78, 5) is 42.6. The molecule has 2 aliphatic rings. The summed E-state index contributed by atoms with van der Waals surface area (Å²) < 4.78 is 0. The van der Waals surface area contributed by atoms with Crippen LogP contribution in [-0.4, -0.2) is 71.7 Å². The third-order valence-corrected chi connectivity index (χ3v) is 5.85. The van der Waals surface area contributed by atoms with E-state index in [1.807, 2.05) is 35.2 Å². The van der Waals surface area contributed by atoms with Crippen molar-refractivity contribution in [3.63, 3.8) is 0 Å². The second-order valence-corrected chi connectivity index (χ2v) is 7.28. The van der Waals surface area contributed by atoms with E-state index in [4.69, 9.17) is 0 Å². The smallest absolute Gasteiger partial charge is 0.245 e. The highest BCUT2D eigenvalue weighted by atomic mass is 16.2. The van der Waals surface area contributed by atoms with Crippen LogP contribution >= 0.6 is 0 Å². The molecule has 27 heavy (non-hydrogen) atoms. The summed E-state index contributed by atoms with van der Waals surface area (Å²) >= 11 is 0. The molecular weight excluding hydrogens is 342 g/mol. The van der Waals surface area contributed by atoms with Gasteiger partial charge in [-0.15, -0.1) is 0 Å². The van der Waals surface area contributed by atoms with Gasteiger partial charge in [-0.05, 0) is 24.5 Å². The molecule has 1 aromatic rings. The van der Waals surface area contributed by atoms with Crippen LogP contribution in [0.15, 0.2) is 43.0 Å². The Labute approximate surface area is 160 Å². The van der Waals surface area contributed by atoms with Crippen LogP contribution in [0, 0.1) is 0 Å². The largest absolute Gasteiger partial charge is 0.339 e. The molecule has 3 rings (SSSR count). The molecule has 2 saturated heterocycles. The van der Waals surface area contributed by atoms with Crippen LogP contribution in [0.4, 0.5) is 0 Å². The van der Waals surface area contributed by atoms with E-state index in [-0.39, 0.29) is 17.7 Å². The summed E-state index contributed by atoms with van der Waals surface area (Å²) in [5.41, 5.74) is 0.395. The van der Waals surface area contributed by atoms with Crippen molar-refractivity contribution < 1.29 is 14.4 Å². The first-order valence-corrected chi connectivity index (χ1v) is 9.50. The number of likely N-dealkylation sites (tertiary alicyclic amines) is 1. The van der Waals surface area contributed by atoms with E-state index in [2.05, 4.69) is 6.58 Å². The van der Waals surface area contributed by atoms with Gasteiger partial charge >= 0.3 is 0 Å². The van der Waals surface area contributed by atoms with Gasteiger partial charge in [0, 0.05) is 46.2 Å². The van der Waals surface area contributed by atoms with Crippen LogP contribution in [0.2, 0.25) is 0 Å². The Hall–Kier alpha value is -2.63. The normalized spacial score (nSPS) is 19.5. The molecule has 0 bridgehead atoms. The van der Waals surface area contributed by atoms with Crippen molar-refractivity contribution in [3.8, 4) is 0 Å². The van der Waals surface area contributed by atoms with E-state index in [0.717, 1.165) is 5.56 Å². The van der Waals surface area contributed by atoms with E-state index >= 15 is 0 Å². The van der Waals surface area contributed by atoms with Crippen LogP contribution in [0.3, 0.4) is 0 Å². The first-order valence-electron chi connectivity index (χ1n) is 9.50. The van der Waals surface area contributed by atoms with Crippen molar-refractivity contribution in [2.45, 2.75) is 25.2 Å². The molecule has 2 fully saturated rings. The summed E-state index contributed by atoms with van der Waals surface area (Å²) in [6.07, 6.45) is 2.53. The first-order chi connectivity index (χ1) is 13.0. The minimum atomic E-state index is -0.613. The number of rotatable bonds is 3. The molecule has 0 radical (unpaired) electrons. The third-order valence-electron chi connectivity index (χ3n) is 5.85. The minimum Gasteiger partial charge on any atom is -0.339 e. The van der Waals surface area contributed by atoms with E-state index in [0.29, 0.717) is 52.1 Å². The van der Waals surface area contributed by atoms with Gasteiger partial charge in [-0.1, -0.05) is 36.9 Å². The van der Waals surface area contributed by atoms with Crippen LogP contribution in [0.1, 0.15) is 25.3 Å². The van der Waals surface area contributed by atoms with E-state index in [9.17, 15) is 14.4 Å². The molecule has 0 aromatic heterocycles. The fourth-order valence-corrected chi connectivity index (χ4v) is 4.15. The van der Waals surface area contributed by atoms with Crippen molar-refractivity contribution in [1.82, 2.24) is 14.7 Å². The average Bonchev–Trinajstić information content (AvgIpc) is 2.73. The predicted molar refractivity (Wildman–Crippen MR) is 103 cm³/mol. The lowest BCUT2D eigenvalue weighted by atomic mass is 9.71. The highest BCUT2D eigenvalue weighted by Crippen LogP contribution is 2.37. The molecule has 6 heteroatoms. The monoisotopic (exact) mass is 369 g/mol. The number of piperidine rings is 1. The maximum Gasteiger partial charge on any atom is 0.245 e. The van der Waals surface area contributed by atoms with Gasteiger partial charge in [-0.3, -0.25) is 14.4 Å². The summed E-state index contributed by atoms with van der Waals surface area (Å²) in [6.45, 7) is 8.48. The lowest BCUT2D eigenvalue weighted by Gasteiger charge is -2.45. The molecule has 3 amide bonds. The molecule has 2 heterocycles. The summed E-state index contributed by atoms with van der Waals surface area (Å²) in [6, 6.07) is 9.88. The molecular formula is C21H27N3O3. The van der Waals surface area contributed by atoms with Crippen LogP contribution in [-0.2, 0) is 19.8 Å². The van der Waals surface area contributed by atoms with E-state index in [1.54, 1.807) is 16.7 Å². The fraction of sp³-hybridized carbons (Fsp3) is 0.476. The zero-order valence-electron chi connectivity index (χ0n) is 15.9. The van der Waals surface area contributed by atoms with Crippen molar-refractivity contribution in [2.75, 3.05) is 39.3 Å². The number of hydrogen-bond acceptors (Lipinski definition) is 3. The SMILES string of the molecule is C=CC(=O)N1CCC(C(=O)N2CCN(C(C)=O)CC2)(c2ccccc2)CC1. The summed E-state index contributed by atoms with van der Waals surface area (Å²) in [5, 5.41) is 0. The van der Waals surface area contributed by atoms with Crippen LogP contribution < -0.4 is 0 Å². The lowest BCUT2D eigenvalue weighted by molar-refractivity contribution is -0.145. The Kier molecular flexibility index (Phi) is 5.63. The van der Waals surface area contributed by atoms with Gasteiger partial charge < -0.3 is 14.7 Å². The Morgan fingerprint density at radius 3 is 1.96 bits per heavy atom. The van der Waals surface area contributed by atoms with Gasteiger partial charge in [0.15, 0.2) is 0 Å². The summed E-state index contributed by atoms with van der Waals surface area (Å²) in [7, 11) is 0. The molecule has 0 atom stereocenters. The Bertz CT molecular complexity index is 715. The van der Waals surface area contributed by atoms with Crippen molar-refractivity contribution in [2.24, 2.45) is 0 Å². The second kappa shape index (κ2) is 7.94. The maximum atomic E-state index is 13.6. The number of amides is 3. The average molecular weight is 369 g/mol. The Morgan fingerprint density at radius 1 is 0.889 bits per heavy atom. The topological polar surface area (TPSA) is 60.9 Å². The highest BCUT2D eigenvalue weighted by molar-refractivity contribution is 5.90. The van der Waals surface area contributed by atoms with Crippen LogP contribution in [0.5, 0.6) is 0 Å². The number of piperazine rings is 1. The number of carbonyl (C=O) groups excluding carboxylic acids is 3. The molecule has 0 saturated carbocycles. The molecule has 2 aliphatic heterocycles. The van der Waals surface area contributed by atoms with Gasteiger partial charge in [0.25, 0.3) is 0 Å². The van der Waals surface area contributed by atoms with Gasteiger partial charge in [0.05, 0.1) is 5.41 Å². The first kappa shape index (κ1) is 19.1. The molecule has 1 aromatic carbocycles. The molecule has 0 unspecified atom stereocenters. The number of nitrogens with zero attached hydrogens (tertiary/aromatic N) is 3. The van der Waals surface area contributed by atoms with Gasteiger partial charge in [0.1, 0.15) is 0 Å². The third kappa shape index (κ3) is 3.75. The number of benzene rings is 1. The van der Waals surface area contributed by atoms with Gasteiger partial charge in [-0.2, -0.15) is 0 Å². The van der Waals surface area contributed by atoms with Crippen molar-refractivity contribution in [1.29, 1.82) is 0 Å². The predicted octanol–water partition coefficient (Wildman–Crippen LogP) is 1.42. The standard InChI is InChI=1S/C21H27N3O3/c1-3-19(26)23-11-9-21(10-12-23,18-7-5-4-6-8-18)20(27)24-15-13-22(14-16-24)17(2)25/h3-8H,1,9-16H2,2H3. The van der Waals surface area contributed by atoms with Gasteiger partial charge in [0.2, 0.25) is 17.7 Å². The lowest BCUT2D eigenvalue weighted by Crippen LogP contribution is -2.58. The zero-order valence-corrected chi connectivity index (χ0v) is 15.9. The quantitative estimate of drug-likeness (QED) is 0.757.